The van der Waals surface area contributed by atoms with E-state index in [1.165, 1.54) is 11.8 Å². The molecule has 0 aliphatic heterocycles. The second kappa shape index (κ2) is 8.94. The molecular formula is C22H22N2O4S2. The number of carbonyl (C=O) groups is 1. The van der Waals surface area contributed by atoms with Crippen molar-refractivity contribution in [2.45, 2.75) is 41.9 Å². The van der Waals surface area contributed by atoms with Gasteiger partial charge in [0.25, 0.3) is 0 Å². The Kier molecular flexibility index (Phi) is 6.54. The highest BCUT2D eigenvalue weighted by molar-refractivity contribution is 7.99. The maximum Gasteiger partial charge on any atom is 0.311 e. The third-order valence-corrected chi connectivity index (χ3v) is 7.76. The van der Waals surface area contributed by atoms with Crippen LogP contribution in [-0.2, 0) is 25.8 Å². The van der Waals surface area contributed by atoms with Crippen LogP contribution in [0.5, 0.6) is 0 Å². The Labute approximate surface area is 180 Å². The Morgan fingerprint density at radius 3 is 2.50 bits per heavy atom. The van der Waals surface area contributed by atoms with Crippen molar-refractivity contribution in [1.29, 1.82) is 5.26 Å². The third-order valence-electron chi connectivity index (χ3n) is 4.78. The van der Waals surface area contributed by atoms with Crippen LogP contribution in [0.2, 0.25) is 0 Å². The van der Waals surface area contributed by atoms with E-state index in [0.717, 1.165) is 26.6 Å². The van der Waals surface area contributed by atoms with Crippen molar-refractivity contribution in [1.82, 2.24) is 4.40 Å². The highest BCUT2D eigenvalue weighted by Gasteiger charge is 2.20. The van der Waals surface area contributed by atoms with Gasteiger partial charge in [0.2, 0.25) is 0 Å². The van der Waals surface area contributed by atoms with Crippen LogP contribution in [0.3, 0.4) is 0 Å². The van der Waals surface area contributed by atoms with Gasteiger partial charge >= 0.3 is 5.97 Å². The monoisotopic (exact) mass is 442 g/mol. The Bertz CT molecular complexity index is 1240. The molecule has 3 aromatic rings. The standard InChI is InChI=1S/C22H22N2O4S2/c1-4-28-21(25)13-19-15(3)22(20-12-16(14-23)10-11-24(19)20)29-17-6-8-18(9-7-17)30(26,27)5-2/h6-12H,4-5,13H2,1-3H3. The number of nitriles is 1. The lowest BCUT2D eigenvalue weighted by Gasteiger charge is -2.05. The highest BCUT2D eigenvalue weighted by atomic mass is 32.2. The number of pyridine rings is 1. The quantitative estimate of drug-likeness (QED) is 0.510. The number of esters is 1. The van der Waals surface area contributed by atoms with Gasteiger partial charge in [-0.2, -0.15) is 5.26 Å². The van der Waals surface area contributed by atoms with Gasteiger partial charge in [-0.05, 0) is 55.8 Å². The fraction of sp³-hybridized carbons (Fsp3) is 0.273. The average Bonchev–Trinajstić information content (AvgIpc) is 2.99. The predicted octanol–water partition coefficient (Wildman–Crippen LogP) is 4.17. The molecule has 0 unspecified atom stereocenters. The molecule has 0 fully saturated rings. The molecule has 8 heteroatoms. The van der Waals surface area contributed by atoms with E-state index in [0.29, 0.717) is 17.1 Å². The summed E-state index contributed by atoms with van der Waals surface area (Å²) in [7, 11) is -3.26. The molecule has 2 aromatic heterocycles. The van der Waals surface area contributed by atoms with E-state index in [4.69, 9.17) is 4.74 Å². The zero-order valence-electron chi connectivity index (χ0n) is 17.0. The molecule has 0 N–H and O–H groups in total. The van der Waals surface area contributed by atoms with Crippen LogP contribution in [0.1, 0.15) is 30.7 Å². The molecule has 6 nitrogen and oxygen atoms in total. The van der Waals surface area contributed by atoms with Gasteiger partial charge in [0.1, 0.15) is 0 Å². The largest absolute Gasteiger partial charge is 0.466 e. The molecule has 0 saturated carbocycles. The number of aromatic nitrogens is 1. The molecule has 30 heavy (non-hydrogen) atoms. The van der Waals surface area contributed by atoms with Gasteiger partial charge in [-0.15, -0.1) is 0 Å². The van der Waals surface area contributed by atoms with Gasteiger partial charge < -0.3 is 9.14 Å². The zero-order valence-corrected chi connectivity index (χ0v) is 18.6. The molecule has 0 bridgehead atoms. The van der Waals surface area contributed by atoms with Crippen LogP contribution in [0.4, 0.5) is 0 Å². The van der Waals surface area contributed by atoms with Crippen molar-refractivity contribution in [3.8, 4) is 6.07 Å². The van der Waals surface area contributed by atoms with E-state index < -0.39 is 9.84 Å². The summed E-state index contributed by atoms with van der Waals surface area (Å²) in [5, 5.41) is 9.30. The molecule has 3 rings (SSSR count). The molecule has 0 spiro atoms. The number of fused-ring (bicyclic) bond motifs is 1. The minimum atomic E-state index is -3.26. The Morgan fingerprint density at radius 2 is 1.90 bits per heavy atom. The highest BCUT2D eigenvalue weighted by Crippen LogP contribution is 2.38. The number of carbonyl (C=O) groups excluding carboxylic acids is 1. The summed E-state index contributed by atoms with van der Waals surface area (Å²) >= 11 is 1.47. The summed E-state index contributed by atoms with van der Waals surface area (Å²) in [5.41, 5.74) is 3.07. The Hall–Kier alpha value is -2.76. The summed E-state index contributed by atoms with van der Waals surface area (Å²) in [6.45, 7) is 5.64. The van der Waals surface area contributed by atoms with Crippen LogP contribution >= 0.6 is 11.8 Å². The minimum absolute atomic E-state index is 0.0525. The smallest absolute Gasteiger partial charge is 0.311 e. The van der Waals surface area contributed by atoms with Crippen molar-refractivity contribution in [3.63, 3.8) is 0 Å². The first-order valence-electron chi connectivity index (χ1n) is 9.50. The van der Waals surface area contributed by atoms with Crippen LogP contribution in [0, 0.1) is 18.3 Å². The first kappa shape index (κ1) is 21.9. The van der Waals surface area contributed by atoms with Gasteiger partial charge in [-0.1, -0.05) is 18.7 Å². The van der Waals surface area contributed by atoms with E-state index in [9.17, 15) is 18.5 Å². The number of ether oxygens (including phenoxy) is 1. The number of sulfone groups is 1. The number of hydrogen-bond acceptors (Lipinski definition) is 6. The second-order valence-corrected chi connectivity index (χ2v) is 10.0. The summed E-state index contributed by atoms with van der Waals surface area (Å²) in [4.78, 5) is 14.2. The van der Waals surface area contributed by atoms with Crippen LogP contribution in [0.25, 0.3) is 5.52 Å². The maximum absolute atomic E-state index is 12.1. The SMILES string of the molecule is CCOC(=O)Cc1c(C)c(Sc2ccc(S(=O)(=O)CC)cc2)c2cc(C#N)ccn12. The zero-order chi connectivity index (χ0) is 21.9. The lowest BCUT2D eigenvalue weighted by molar-refractivity contribution is -0.142. The molecule has 1 aromatic carbocycles. The van der Waals surface area contributed by atoms with Crippen LogP contribution in [-0.4, -0.2) is 31.1 Å². The van der Waals surface area contributed by atoms with E-state index in [2.05, 4.69) is 6.07 Å². The topological polar surface area (TPSA) is 88.6 Å². The molecular weight excluding hydrogens is 420 g/mol. The van der Waals surface area contributed by atoms with Crippen molar-refractivity contribution in [2.24, 2.45) is 0 Å². The Morgan fingerprint density at radius 1 is 1.20 bits per heavy atom. The lowest BCUT2D eigenvalue weighted by atomic mass is 10.2. The summed E-state index contributed by atoms with van der Waals surface area (Å²) < 4.78 is 31.1. The van der Waals surface area contributed by atoms with E-state index in [-0.39, 0.29) is 18.1 Å². The first-order valence-corrected chi connectivity index (χ1v) is 12.0. The van der Waals surface area contributed by atoms with Gasteiger partial charge in [0.15, 0.2) is 9.84 Å². The first-order chi connectivity index (χ1) is 14.3. The van der Waals surface area contributed by atoms with Crippen molar-refractivity contribution < 1.29 is 17.9 Å². The van der Waals surface area contributed by atoms with Crippen molar-refractivity contribution in [2.75, 3.05) is 12.4 Å². The third kappa shape index (κ3) is 4.37. The minimum Gasteiger partial charge on any atom is -0.466 e. The number of nitrogens with zero attached hydrogens (tertiary/aromatic N) is 2. The van der Waals surface area contributed by atoms with E-state index >= 15 is 0 Å². The summed E-state index contributed by atoms with van der Waals surface area (Å²) in [6, 6.07) is 12.4. The van der Waals surface area contributed by atoms with Gasteiger partial charge in [-0.25, -0.2) is 8.42 Å². The molecule has 0 saturated heterocycles. The van der Waals surface area contributed by atoms with Gasteiger partial charge in [0, 0.05) is 21.7 Å². The molecule has 156 valence electrons. The van der Waals surface area contributed by atoms with Crippen molar-refractivity contribution >= 4 is 33.1 Å². The Balaban J connectivity index is 2.05. The summed E-state index contributed by atoms with van der Waals surface area (Å²) in [6.07, 6.45) is 1.91. The van der Waals surface area contributed by atoms with E-state index in [1.807, 2.05) is 11.3 Å². The van der Waals surface area contributed by atoms with E-state index in [1.54, 1.807) is 56.4 Å². The van der Waals surface area contributed by atoms with Gasteiger partial charge in [0.05, 0.1) is 40.8 Å². The number of rotatable bonds is 7. The summed E-state index contributed by atoms with van der Waals surface area (Å²) in [5.74, 6) is -0.258. The lowest BCUT2D eigenvalue weighted by Crippen LogP contribution is -2.10. The number of hydrogen-bond donors (Lipinski definition) is 0. The maximum atomic E-state index is 12.1. The molecule has 0 aliphatic rings. The molecule has 0 aliphatic carbocycles. The normalized spacial score (nSPS) is 11.4. The van der Waals surface area contributed by atoms with Crippen molar-refractivity contribution in [3.05, 3.63) is 59.4 Å². The molecule has 0 atom stereocenters. The predicted molar refractivity (Wildman–Crippen MR) is 115 cm³/mol. The fourth-order valence-corrected chi connectivity index (χ4v) is 5.10. The fourth-order valence-electron chi connectivity index (χ4n) is 3.18. The second-order valence-electron chi connectivity index (χ2n) is 6.64. The average molecular weight is 443 g/mol. The van der Waals surface area contributed by atoms with Crippen LogP contribution < -0.4 is 0 Å². The van der Waals surface area contributed by atoms with Crippen LogP contribution in [0.15, 0.2) is 57.3 Å². The van der Waals surface area contributed by atoms with Gasteiger partial charge in [-0.3, -0.25) is 4.79 Å². The number of benzene rings is 1. The molecule has 0 radical (unpaired) electrons. The molecule has 2 heterocycles. The molecule has 0 amide bonds.